The second kappa shape index (κ2) is 6.59. The van der Waals surface area contributed by atoms with Crippen molar-refractivity contribution < 1.29 is 18.3 Å². The van der Waals surface area contributed by atoms with Crippen LogP contribution in [0.25, 0.3) is 0 Å². The third kappa shape index (κ3) is 4.21. The lowest BCUT2D eigenvalue weighted by molar-refractivity contribution is -0.183. The number of hydrogen-bond donors (Lipinski definition) is 2. The second-order valence-electron chi connectivity index (χ2n) is 5.46. The van der Waals surface area contributed by atoms with Crippen LogP contribution >= 0.6 is 0 Å². The topological polar surface area (TPSA) is 32.3 Å². The van der Waals surface area contributed by atoms with Gasteiger partial charge >= 0.3 is 6.18 Å². The minimum atomic E-state index is -4.07. The van der Waals surface area contributed by atoms with Crippen LogP contribution in [0.4, 0.5) is 13.2 Å². The highest BCUT2D eigenvalue weighted by molar-refractivity contribution is 5.22. The predicted octanol–water partition coefficient (Wildman–Crippen LogP) is 3.39. The molecule has 1 aromatic carbocycles. The molecule has 0 heterocycles. The van der Waals surface area contributed by atoms with Gasteiger partial charge in [0, 0.05) is 12.6 Å². The van der Waals surface area contributed by atoms with Crippen molar-refractivity contribution in [1.29, 1.82) is 0 Å². The minimum Gasteiger partial charge on any atom is -0.392 e. The molecule has 2 rings (SSSR count). The van der Waals surface area contributed by atoms with Gasteiger partial charge in [0.2, 0.25) is 0 Å². The van der Waals surface area contributed by atoms with E-state index in [4.69, 9.17) is 5.11 Å². The quantitative estimate of drug-likeness (QED) is 0.889. The number of nitrogens with one attached hydrogen (secondary N) is 1. The summed E-state index contributed by atoms with van der Waals surface area (Å²) in [5.41, 5.74) is 1.81. The van der Waals surface area contributed by atoms with Gasteiger partial charge in [-0.05, 0) is 30.4 Å². The van der Waals surface area contributed by atoms with Crippen LogP contribution in [0.5, 0.6) is 0 Å². The Balaban J connectivity index is 1.87. The molecule has 1 aromatic rings. The van der Waals surface area contributed by atoms with E-state index in [1.165, 1.54) is 0 Å². The van der Waals surface area contributed by atoms with E-state index in [-0.39, 0.29) is 25.5 Å². The van der Waals surface area contributed by atoms with Crippen LogP contribution in [0.3, 0.4) is 0 Å². The van der Waals surface area contributed by atoms with Gasteiger partial charge in [-0.25, -0.2) is 0 Å². The van der Waals surface area contributed by atoms with E-state index in [2.05, 4.69) is 5.32 Å². The largest absolute Gasteiger partial charge is 0.392 e. The maximum atomic E-state index is 12.7. The van der Waals surface area contributed by atoms with Gasteiger partial charge < -0.3 is 10.4 Å². The Hall–Kier alpha value is -1.07. The first-order chi connectivity index (χ1) is 9.49. The van der Waals surface area contributed by atoms with Crippen LogP contribution < -0.4 is 5.32 Å². The van der Waals surface area contributed by atoms with Crippen molar-refractivity contribution in [1.82, 2.24) is 5.32 Å². The molecule has 0 spiro atoms. The van der Waals surface area contributed by atoms with Gasteiger partial charge in [0.15, 0.2) is 0 Å². The monoisotopic (exact) mass is 287 g/mol. The maximum absolute atomic E-state index is 12.7. The lowest BCUT2D eigenvalue weighted by atomic mass is 9.85. The second-order valence-corrected chi connectivity index (χ2v) is 5.46. The van der Waals surface area contributed by atoms with Crippen LogP contribution in [0.2, 0.25) is 0 Å². The van der Waals surface area contributed by atoms with E-state index in [1.54, 1.807) is 0 Å². The summed E-state index contributed by atoms with van der Waals surface area (Å²) in [7, 11) is 0. The molecule has 2 atom stereocenters. The number of rotatable bonds is 4. The van der Waals surface area contributed by atoms with Crippen LogP contribution in [-0.2, 0) is 13.2 Å². The number of halogens is 3. The molecule has 5 heteroatoms. The first-order valence-electron chi connectivity index (χ1n) is 6.98. The molecule has 112 valence electrons. The van der Waals surface area contributed by atoms with E-state index in [9.17, 15) is 13.2 Å². The van der Waals surface area contributed by atoms with Gasteiger partial charge in [-0.2, -0.15) is 13.2 Å². The molecule has 0 aromatic heterocycles. The Labute approximate surface area is 117 Å². The first kappa shape index (κ1) is 15.3. The number of aliphatic hydroxyl groups is 1. The van der Waals surface area contributed by atoms with Gasteiger partial charge in [-0.15, -0.1) is 0 Å². The van der Waals surface area contributed by atoms with E-state index in [1.807, 2.05) is 24.3 Å². The number of benzene rings is 1. The van der Waals surface area contributed by atoms with Crippen LogP contribution in [0.1, 0.15) is 36.8 Å². The molecule has 1 aliphatic rings. The SMILES string of the molecule is OCc1cccc(CNC2CCCC(C(F)(F)F)C2)c1. The van der Waals surface area contributed by atoms with Gasteiger partial charge in [0.1, 0.15) is 0 Å². The third-order valence-corrected chi connectivity index (χ3v) is 3.91. The summed E-state index contributed by atoms with van der Waals surface area (Å²) in [5.74, 6) is -1.17. The van der Waals surface area contributed by atoms with Gasteiger partial charge in [0.25, 0.3) is 0 Å². The van der Waals surface area contributed by atoms with Crippen molar-refractivity contribution >= 4 is 0 Å². The average Bonchev–Trinajstić information content (AvgIpc) is 2.45. The van der Waals surface area contributed by atoms with E-state index in [0.29, 0.717) is 13.0 Å². The Bertz CT molecular complexity index is 433. The molecule has 2 nitrogen and oxygen atoms in total. The van der Waals surface area contributed by atoms with Crippen molar-refractivity contribution in [3.63, 3.8) is 0 Å². The minimum absolute atomic E-state index is 0.0204. The van der Waals surface area contributed by atoms with Crippen molar-refractivity contribution in [2.45, 2.75) is 51.1 Å². The zero-order valence-electron chi connectivity index (χ0n) is 11.3. The summed E-state index contributed by atoms with van der Waals surface area (Å²) in [6, 6.07) is 7.38. The number of aliphatic hydroxyl groups excluding tert-OH is 1. The Morgan fingerprint density at radius 1 is 1.20 bits per heavy atom. The smallest absolute Gasteiger partial charge is 0.391 e. The Morgan fingerprint density at radius 2 is 1.95 bits per heavy atom. The molecular formula is C15H20F3NO. The highest BCUT2D eigenvalue weighted by Gasteiger charge is 2.41. The zero-order valence-corrected chi connectivity index (χ0v) is 11.3. The molecule has 0 radical (unpaired) electrons. The normalized spacial score (nSPS) is 23.8. The molecule has 20 heavy (non-hydrogen) atoms. The van der Waals surface area contributed by atoms with E-state index < -0.39 is 12.1 Å². The average molecular weight is 287 g/mol. The summed E-state index contributed by atoms with van der Waals surface area (Å²) in [4.78, 5) is 0. The van der Waals surface area contributed by atoms with Crippen LogP contribution in [-0.4, -0.2) is 17.3 Å². The van der Waals surface area contributed by atoms with E-state index in [0.717, 1.165) is 17.5 Å². The van der Waals surface area contributed by atoms with E-state index >= 15 is 0 Å². The Morgan fingerprint density at radius 3 is 2.65 bits per heavy atom. The molecule has 0 aliphatic heterocycles. The number of alkyl halides is 3. The molecule has 0 amide bonds. The fraction of sp³-hybridized carbons (Fsp3) is 0.600. The summed E-state index contributed by atoms with van der Waals surface area (Å²) in [6.45, 7) is 0.524. The maximum Gasteiger partial charge on any atom is 0.391 e. The highest BCUT2D eigenvalue weighted by Crippen LogP contribution is 2.37. The standard InChI is InChI=1S/C15H20F3NO/c16-15(17,18)13-5-2-6-14(8-13)19-9-11-3-1-4-12(7-11)10-20/h1,3-4,7,13-14,19-20H,2,5-6,8-10H2. The first-order valence-corrected chi connectivity index (χ1v) is 6.98. The fourth-order valence-electron chi connectivity index (χ4n) is 2.77. The summed E-state index contributed by atoms with van der Waals surface area (Å²) >= 11 is 0. The lowest BCUT2D eigenvalue weighted by Crippen LogP contribution is -2.38. The third-order valence-electron chi connectivity index (χ3n) is 3.91. The highest BCUT2D eigenvalue weighted by atomic mass is 19.4. The molecular weight excluding hydrogens is 267 g/mol. The van der Waals surface area contributed by atoms with Crippen molar-refractivity contribution in [2.24, 2.45) is 5.92 Å². The van der Waals surface area contributed by atoms with Gasteiger partial charge in [0.05, 0.1) is 12.5 Å². The summed E-state index contributed by atoms with van der Waals surface area (Å²) in [5, 5.41) is 12.3. The predicted molar refractivity (Wildman–Crippen MR) is 71.0 cm³/mol. The lowest BCUT2D eigenvalue weighted by Gasteiger charge is -2.31. The molecule has 1 fully saturated rings. The van der Waals surface area contributed by atoms with Gasteiger partial charge in [-0.1, -0.05) is 30.7 Å². The zero-order chi connectivity index (χ0) is 14.6. The Kier molecular flexibility index (Phi) is 5.05. The van der Waals surface area contributed by atoms with Crippen LogP contribution in [0.15, 0.2) is 24.3 Å². The molecule has 2 N–H and O–H groups in total. The van der Waals surface area contributed by atoms with Crippen molar-refractivity contribution in [3.8, 4) is 0 Å². The summed E-state index contributed by atoms with van der Waals surface area (Å²) in [6.07, 6.45) is -2.23. The summed E-state index contributed by atoms with van der Waals surface area (Å²) < 4.78 is 38.2. The van der Waals surface area contributed by atoms with Gasteiger partial charge in [-0.3, -0.25) is 0 Å². The van der Waals surface area contributed by atoms with Crippen molar-refractivity contribution in [2.75, 3.05) is 0 Å². The fourth-order valence-corrected chi connectivity index (χ4v) is 2.77. The molecule has 0 bridgehead atoms. The molecule has 1 aliphatic carbocycles. The molecule has 2 unspecified atom stereocenters. The molecule has 0 saturated heterocycles. The number of hydrogen-bond acceptors (Lipinski definition) is 2. The molecule has 1 saturated carbocycles. The van der Waals surface area contributed by atoms with Crippen molar-refractivity contribution in [3.05, 3.63) is 35.4 Å². The van der Waals surface area contributed by atoms with Crippen LogP contribution in [0, 0.1) is 5.92 Å².